The third-order valence-corrected chi connectivity index (χ3v) is 7.39. The molecule has 3 aromatic carbocycles. The van der Waals surface area contributed by atoms with Gasteiger partial charge in [-0.3, -0.25) is 0 Å². The normalized spacial score (nSPS) is 12.7. The first kappa shape index (κ1) is 29.2. The van der Waals surface area contributed by atoms with Crippen LogP contribution in [0.25, 0.3) is 11.1 Å². The Morgan fingerprint density at radius 2 is 1.60 bits per heavy atom. The molecule has 3 aromatic rings. The summed E-state index contributed by atoms with van der Waals surface area (Å²) in [5.41, 5.74) is 5.53. The molecule has 212 valence electrons. The van der Waals surface area contributed by atoms with E-state index >= 15 is 0 Å². The zero-order chi connectivity index (χ0) is 28.5. The molecule has 6 nitrogen and oxygen atoms in total. The van der Waals surface area contributed by atoms with Crippen LogP contribution in [0.15, 0.2) is 66.7 Å². The van der Waals surface area contributed by atoms with E-state index in [-0.39, 0.29) is 12.1 Å². The summed E-state index contributed by atoms with van der Waals surface area (Å²) in [6.07, 6.45) is 7.48. The van der Waals surface area contributed by atoms with Crippen molar-refractivity contribution in [2.24, 2.45) is 0 Å². The van der Waals surface area contributed by atoms with Crippen LogP contribution < -0.4 is 15.4 Å². The van der Waals surface area contributed by atoms with E-state index < -0.39 is 11.6 Å². The molecule has 0 radical (unpaired) electrons. The van der Waals surface area contributed by atoms with Crippen LogP contribution in [0.2, 0.25) is 0 Å². The van der Waals surface area contributed by atoms with E-state index in [0.717, 1.165) is 42.5 Å². The van der Waals surface area contributed by atoms with Crippen LogP contribution in [0.5, 0.6) is 5.75 Å². The van der Waals surface area contributed by atoms with Crippen LogP contribution >= 0.6 is 0 Å². The number of nitrogens with one attached hydrogen (secondary N) is 2. The topological polar surface area (TPSA) is 76.7 Å². The van der Waals surface area contributed by atoms with Crippen molar-refractivity contribution >= 4 is 17.7 Å². The lowest BCUT2D eigenvalue weighted by Gasteiger charge is -2.25. The average molecular weight is 543 g/mol. The molecule has 40 heavy (non-hydrogen) atoms. The maximum absolute atomic E-state index is 13.3. The maximum Gasteiger partial charge on any atom is 0.349 e. The second-order valence-corrected chi connectivity index (χ2v) is 10.9. The van der Waals surface area contributed by atoms with E-state index in [1.807, 2.05) is 42.5 Å². The Kier molecular flexibility index (Phi) is 9.86. The molecule has 1 aliphatic carbocycles. The highest BCUT2D eigenvalue weighted by Crippen LogP contribution is 2.41. The Morgan fingerprint density at radius 3 is 2.35 bits per heavy atom. The smallest absolute Gasteiger partial charge is 0.349 e. The first-order valence-corrected chi connectivity index (χ1v) is 14.6. The third-order valence-electron chi connectivity index (χ3n) is 7.39. The molecule has 0 bridgehead atoms. The van der Waals surface area contributed by atoms with Gasteiger partial charge in [-0.1, -0.05) is 87.6 Å². The number of unbranched alkanes of at least 4 members (excludes halogenated alkanes) is 4. The van der Waals surface area contributed by atoms with Crippen LogP contribution in [0.3, 0.4) is 0 Å². The molecular formula is C34H42N2O4. The summed E-state index contributed by atoms with van der Waals surface area (Å²) in [6, 6.07) is 21.7. The number of fused-ring (bicyclic) bond motifs is 3. The monoisotopic (exact) mass is 542 g/mol. The van der Waals surface area contributed by atoms with Gasteiger partial charge in [0.1, 0.15) is 5.75 Å². The molecule has 2 N–H and O–H groups in total. The molecule has 0 aliphatic heterocycles. The summed E-state index contributed by atoms with van der Waals surface area (Å²) in [7, 11) is 0. The first-order valence-electron chi connectivity index (χ1n) is 14.6. The number of esters is 1. The molecule has 0 aromatic heterocycles. The summed E-state index contributed by atoms with van der Waals surface area (Å²) in [5, 5.41) is 6.36. The van der Waals surface area contributed by atoms with Gasteiger partial charge in [-0.05, 0) is 74.1 Å². The predicted octanol–water partition coefficient (Wildman–Crippen LogP) is 8.20. The summed E-state index contributed by atoms with van der Waals surface area (Å²) >= 11 is 0. The molecule has 2 amide bonds. The Bertz CT molecular complexity index is 1300. The number of rotatable bonds is 13. The number of hydrogen-bond acceptors (Lipinski definition) is 4. The van der Waals surface area contributed by atoms with Gasteiger partial charge in [0.15, 0.2) is 5.60 Å². The van der Waals surface area contributed by atoms with Gasteiger partial charge in [0, 0.05) is 5.56 Å². The van der Waals surface area contributed by atoms with E-state index in [1.165, 1.54) is 36.0 Å². The summed E-state index contributed by atoms with van der Waals surface area (Å²) in [4.78, 5) is 25.6. The average Bonchev–Trinajstić information content (AvgIpc) is 3.32. The molecule has 0 spiro atoms. The highest BCUT2D eigenvalue weighted by atomic mass is 16.6. The summed E-state index contributed by atoms with van der Waals surface area (Å²) < 4.78 is 11.1. The van der Waals surface area contributed by atoms with Crippen molar-refractivity contribution in [2.45, 2.75) is 84.3 Å². The van der Waals surface area contributed by atoms with Crippen molar-refractivity contribution in [3.8, 4) is 16.9 Å². The largest absolute Gasteiger partial charge is 0.476 e. The van der Waals surface area contributed by atoms with Gasteiger partial charge in [-0.15, -0.1) is 0 Å². The molecule has 0 saturated carbocycles. The number of amides is 2. The van der Waals surface area contributed by atoms with Crippen molar-refractivity contribution in [1.29, 1.82) is 0 Å². The van der Waals surface area contributed by atoms with Gasteiger partial charge in [0.25, 0.3) is 0 Å². The van der Waals surface area contributed by atoms with Gasteiger partial charge >= 0.3 is 12.0 Å². The van der Waals surface area contributed by atoms with Crippen LogP contribution in [0, 0.1) is 0 Å². The van der Waals surface area contributed by atoms with Gasteiger partial charge in [-0.25, -0.2) is 9.59 Å². The number of urea groups is 1. The standard InChI is InChI=1S/C34H42N2O4/c1-5-7-8-9-10-17-29(24-19-21-27(22-20-24)40-34(3,4)32(37)39-6-2)35-33(38)36-30-18-13-15-26-23-25-14-11-12-16-28(25)31(26)30/h11-16,18-22,29H,5-10,17,23H2,1-4H3,(H2,35,36,38). The lowest BCUT2D eigenvalue weighted by atomic mass is 9.99. The lowest BCUT2D eigenvalue weighted by Crippen LogP contribution is -2.39. The SMILES string of the molecule is CCCCCCCC(NC(=O)Nc1cccc2c1-c1ccccc1C2)c1ccc(OC(C)(C)C(=O)OCC)cc1. The Labute approximate surface area is 238 Å². The molecular weight excluding hydrogens is 500 g/mol. The minimum absolute atomic E-state index is 0.155. The minimum Gasteiger partial charge on any atom is -0.476 e. The van der Waals surface area contributed by atoms with Crippen LogP contribution in [-0.4, -0.2) is 24.2 Å². The van der Waals surface area contributed by atoms with Gasteiger partial charge < -0.3 is 20.1 Å². The van der Waals surface area contributed by atoms with Crippen molar-refractivity contribution < 1.29 is 19.1 Å². The van der Waals surface area contributed by atoms with E-state index in [2.05, 4.69) is 41.8 Å². The van der Waals surface area contributed by atoms with Gasteiger partial charge in [-0.2, -0.15) is 0 Å². The predicted molar refractivity (Wildman–Crippen MR) is 161 cm³/mol. The highest BCUT2D eigenvalue weighted by molar-refractivity contribution is 5.97. The van der Waals surface area contributed by atoms with Gasteiger partial charge in [0.05, 0.1) is 18.3 Å². The van der Waals surface area contributed by atoms with Crippen molar-refractivity contribution in [1.82, 2.24) is 5.32 Å². The Morgan fingerprint density at radius 1 is 0.875 bits per heavy atom. The highest BCUT2D eigenvalue weighted by Gasteiger charge is 2.31. The van der Waals surface area contributed by atoms with Crippen molar-refractivity contribution in [3.63, 3.8) is 0 Å². The lowest BCUT2D eigenvalue weighted by molar-refractivity contribution is -0.158. The van der Waals surface area contributed by atoms with Crippen molar-refractivity contribution in [2.75, 3.05) is 11.9 Å². The fourth-order valence-corrected chi connectivity index (χ4v) is 5.29. The molecule has 4 rings (SSSR count). The van der Waals surface area contributed by atoms with E-state index in [1.54, 1.807) is 20.8 Å². The number of carbonyl (C=O) groups is 2. The Hall–Kier alpha value is -3.80. The van der Waals surface area contributed by atoms with Crippen LogP contribution in [-0.2, 0) is 16.0 Å². The van der Waals surface area contributed by atoms with E-state index in [9.17, 15) is 9.59 Å². The zero-order valence-corrected chi connectivity index (χ0v) is 24.2. The number of benzene rings is 3. The fourth-order valence-electron chi connectivity index (χ4n) is 5.29. The molecule has 6 heteroatoms. The second-order valence-electron chi connectivity index (χ2n) is 10.9. The van der Waals surface area contributed by atoms with Crippen LogP contribution in [0.1, 0.15) is 89.0 Å². The molecule has 0 fully saturated rings. The molecule has 0 heterocycles. The minimum atomic E-state index is -1.09. The molecule has 1 unspecified atom stereocenters. The summed E-state index contributed by atoms with van der Waals surface area (Å²) in [6.45, 7) is 7.68. The third kappa shape index (κ3) is 7.23. The molecule has 1 atom stereocenters. The van der Waals surface area contributed by atoms with Crippen molar-refractivity contribution in [3.05, 3.63) is 83.4 Å². The number of hydrogen-bond donors (Lipinski definition) is 2. The quantitative estimate of drug-likeness (QED) is 0.132. The van der Waals surface area contributed by atoms with E-state index in [4.69, 9.17) is 9.47 Å². The maximum atomic E-state index is 13.3. The zero-order valence-electron chi connectivity index (χ0n) is 24.2. The number of carbonyl (C=O) groups excluding carboxylic acids is 2. The molecule has 0 saturated heterocycles. The molecule has 1 aliphatic rings. The van der Waals surface area contributed by atoms with Crippen LogP contribution in [0.4, 0.5) is 10.5 Å². The Balaban J connectivity index is 1.47. The second kappa shape index (κ2) is 13.5. The number of ether oxygens (including phenoxy) is 2. The van der Waals surface area contributed by atoms with Gasteiger partial charge in [0.2, 0.25) is 0 Å². The fraction of sp³-hybridized carbons (Fsp3) is 0.412. The summed E-state index contributed by atoms with van der Waals surface area (Å²) in [5.74, 6) is 0.170. The first-order chi connectivity index (χ1) is 19.3. The number of anilines is 1. The van der Waals surface area contributed by atoms with E-state index in [0.29, 0.717) is 12.4 Å².